The molecular formula is C30H29N3O6. The van der Waals surface area contributed by atoms with Gasteiger partial charge in [0, 0.05) is 16.8 Å². The molecule has 2 heterocycles. The second-order valence-electron chi connectivity index (χ2n) is 8.78. The van der Waals surface area contributed by atoms with Gasteiger partial charge in [-0.25, -0.2) is 4.79 Å². The molecule has 1 aliphatic heterocycles. The van der Waals surface area contributed by atoms with Gasteiger partial charge in [-0.2, -0.15) is 5.10 Å². The molecule has 1 unspecified atom stereocenters. The Kier molecular flexibility index (Phi) is 7.23. The summed E-state index contributed by atoms with van der Waals surface area (Å²) in [6.45, 7) is 4.54. The Hall–Kier alpha value is -4.79. The van der Waals surface area contributed by atoms with Crippen LogP contribution >= 0.6 is 0 Å². The fourth-order valence-electron chi connectivity index (χ4n) is 4.82. The predicted molar refractivity (Wildman–Crippen MR) is 146 cm³/mol. The summed E-state index contributed by atoms with van der Waals surface area (Å²) < 4.78 is 21.7. The summed E-state index contributed by atoms with van der Waals surface area (Å²) in [5.74, 6) is 1.22. The summed E-state index contributed by atoms with van der Waals surface area (Å²) in [7, 11) is 3.15. The standard InChI is InChI=1S/C30H29N3O6/c1-5-38-22-14-9-18(10-15-22)26-25-27(32-31-26)29(34)33(21-12-7-19(8-13-21)30(35)39-6-2)28(25)20-11-16-23(36-3)24(17-20)37-4/h7-17,28H,5-6H2,1-4H3,(H,31,32). The Morgan fingerprint density at radius 1 is 0.923 bits per heavy atom. The highest BCUT2D eigenvalue weighted by atomic mass is 16.5. The number of fused-ring (bicyclic) bond motifs is 1. The average molecular weight is 528 g/mol. The van der Waals surface area contributed by atoms with Gasteiger partial charge in [0.2, 0.25) is 0 Å². The van der Waals surface area contributed by atoms with Gasteiger partial charge in [-0.15, -0.1) is 0 Å². The van der Waals surface area contributed by atoms with E-state index in [1.807, 2.05) is 49.4 Å². The largest absolute Gasteiger partial charge is 0.494 e. The number of anilines is 1. The molecule has 1 amide bonds. The Labute approximate surface area is 226 Å². The fraction of sp³-hybridized carbons (Fsp3) is 0.233. The van der Waals surface area contributed by atoms with Crippen LogP contribution in [0.25, 0.3) is 11.3 Å². The molecule has 0 fully saturated rings. The quantitative estimate of drug-likeness (QED) is 0.290. The number of ether oxygens (including phenoxy) is 4. The van der Waals surface area contributed by atoms with E-state index < -0.39 is 12.0 Å². The Morgan fingerprint density at radius 3 is 2.28 bits per heavy atom. The Morgan fingerprint density at radius 2 is 1.64 bits per heavy atom. The van der Waals surface area contributed by atoms with Crippen LogP contribution in [0, 0.1) is 0 Å². The minimum absolute atomic E-state index is 0.238. The third-order valence-electron chi connectivity index (χ3n) is 6.59. The lowest BCUT2D eigenvalue weighted by Crippen LogP contribution is -2.29. The lowest BCUT2D eigenvalue weighted by atomic mass is 9.95. The van der Waals surface area contributed by atoms with Crippen LogP contribution in [0.15, 0.2) is 66.7 Å². The number of nitrogens with one attached hydrogen (secondary N) is 1. The number of methoxy groups -OCH3 is 2. The zero-order valence-electron chi connectivity index (χ0n) is 22.2. The van der Waals surface area contributed by atoms with Crippen LogP contribution in [0.4, 0.5) is 5.69 Å². The number of aromatic amines is 1. The van der Waals surface area contributed by atoms with Crippen LogP contribution < -0.4 is 19.1 Å². The van der Waals surface area contributed by atoms with Crippen LogP contribution in [-0.2, 0) is 4.74 Å². The van der Waals surface area contributed by atoms with Gasteiger partial charge in [0.25, 0.3) is 5.91 Å². The van der Waals surface area contributed by atoms with Gasteiger partial charge in [0.05, 0.1) is 44.7 Å². The summed E-state index contributed by atoms with van der Waals surface area (Å²) in [5, 5.41) is 7.51. The number of aromatic nitrogens is 2. The van der Waals surface area contributed by atoms with Gasteiger partial charge in [0.15, 0.2) is 11.5 Å². The smallest absolute Gasteiger partial charge is 0.338 e. The lowest BCUT2D eigenvalue weighted by Gasteiger charge is -2.27. The van der Waals surface area contributed by atoms with Crippen LogP contribution in [0.2, 0.25) is 0 Å². The highest BCUT2D eigenvalue weighted by Crippen LogP contribution is 2.46. The van der Waals surface area contributed by atoms with E-state index in [0.29, 0.717) is 40.7 Å². The van der Waals surface area contributed by atoms with E-state index in [9.17, 15) is 9.59 Å². The zero-order valence-corrected chi connectivity index (χ0v) is 22.2. The molecule has 0 aliphatic carbocycles. The molecule has 0 spiro atoms. The SMILES string of the molecule is CCOC(=O)c1ccc(N2C(=O)c3[nH]nc(-c4ccc(OCC)cc4)c3C2c2ccc(OC)c(OC)c2)cc1. The molecule has 1 N–H and O–H groups in total. The van der Waals surface area contributed by atoms with Crippen molar-refractivity contribution < 1.29 is 28.5 Å². The third-order valence-corrected chi connectivity index (χ3v) is 6.59. The van der Waals surface area contributed by atoms with E-state index in [-0.39, 0.29) is 12.5 Å². The van der Waals surface area contributed by atoms with Crippen LogP contribution in [-0.4, -0.2) is 49.5 Å². The summed E-state index contributed by atoms with van der Waals surface area (Å²) >= 11 is 0. The minimum Gasteiger partial charge on any atom is -0.494 e. The number of H-pyrrole nitrogens is 1. The topological polar surface area (TPSA) is 103 Å². The molecule has 9 nitrogen and oxygen atoms in total. The summed E-state index contributed by atoms with van der Waals surface area (Å²) in [6, 6.07) is 19.5. The number of rotatable bonds is 9. The van der Waals surface area contributed by atoms with E-state index in [1.165, 1.54) is 0 Å². The molecule has 1 aliphatic rings. The number of carbonyl (C=O) groups is 2. The van der Waals surface area contributed by atoms with Crippen molar-refractivity contribution in [2.75, 3.05) is 32.3 Å². The van der Waals surface area contributed by atoms with Crippen molar-refractivity contribution >= 4 is 17.6 Å². The lowest BCUT2D eigenvalue weighted by molar-refractivity contribution is 0.0526. The van der Waals surface area contributed by atoms with E-state index in [4.69, 9.17) is 18.9 Å². The maximum absolute atomic E-state index is 13.9. The first-order valence-electron chi connectivity index (χ1n) is 12.6. The van der Waals surface area contributed by atoms with E-state index in [2.05, 4.69) is 10.2 Å². The van der Waals surface area contributed by atoms with Gasteiger partial charge in [-0.1, -0.05) is 6.07 Å². The van der Waals surface area contributed by atoms with Gasteiger partial charge in [-0.3, -0.25) is 14.8 Å². The van der Waals surface area contributed by atoms with Gasteiger partial charge < -0.3 is 18.9 Å². The normalized spacial score (nSPS) is 14.2. The van der Waals surface area contributed by atoms with E-state index in [1.54, 1.807) is 50.3 Å². The summed E-state index contributed by atoms with van der Waals surface area (Å²) in [6.07, 6.45) is 0. The highest BCUT2D eigenvalue weighted by molar-refractivity contribution is 6.12. The highest BCUT2D eigenvalue weighted by Gasteiger charge is 2.43. The maximum atomic E-state index is 13.9. The monoisotopic (exact) mass is 527 g/mol. The number of benzene rings is 3. The Bertz CT molecular complexity index is 1490. The Balaban J connectivity index is 1.63. The molecule has 9 heteroatoms. The molecule has 0 radical (unpaired) electrons. The van der Waals surface area contributed by atoms with E-state index >= 15 is 0 Å². The first-order chi connectivity index (χ1) is 19.0. The molecule has 1 aromatic heterocycles. The summed E-state index contributed by atoms with van der Waals surface area (Å²) in [5.41, 5.74) is 4.47. The van der Waals surface area contributed by atoms with Crippen molar-refractivity contribution in [3.05, 3.63) is 89.1 Å². The summed E-state index contributed by atoms with van der Waals surface area (Å²) in [4.78, 5) is 27.8. The van der Waals surface area contributed by atoms with Crippen LogP contribution in [0.3, 0.4) is 0 Å². The second kappa shape index (κ2) is 10.9. The van der Waals surface area contributed by atoms with Crippen molar-refractivity contribution in [2.24, 2.45) is 0 Å². The van der Waals surface area contributed by atoms with Gasteiger partial charge >= 0.3 is 5.97 Å². The molecular weight excluding hydrogens is 498 g/mol. The molecule has 0 bridgehead atoms. The van der Waals surface area contributed by atoms with Crippen molar-refractivity contribution in [3.63, 3.8) is 0 Å². The third kappa shape index (κ3) is 4.67. The number of esters is 1. The number of amides is 1. The number of hydrogen-bond acceptors (Lipinski definition) is 7. The van der Waals surface area contributed by atoms with E-state index in [0.717, 1.165) is 22.4 Å². The molecule has 4 aromatic rings. The van der Waals surface area contributed by atoms with Crippen molar-refractivity contribution in [1.29, 1.82) is 0 Å². The zero-order chi connectivity index (χ0) is 27.5. The van der Waals surface area contributed by atoms with Crippen molar-refractivity contribution in [1.82, 2.24) is 10.2 Å². The van der Waals surface area contributed by atoms with Crippen LogP contribution in [0.1, 0.15) is 51.9 Å². The second-order valence-corrected chi connectivity index (χ2v) is 8.78. The average Bonchev–Trinajstić information content (AvgIpc) is 3.52. The molecule has 0 saturated carbocycles. The first-order valence-corrected chi connectivity index (χ1v) is 12.6. The fourth-order valence-corrected chi connectivity index (χ4v) is 4.82. The molecule has 0 saturated heterocycles. The first kappa shape index (κ1) is 25.8. The maximum Gasteiger partial charge on any atom is 0.338 e. The predicted octanol–water partition coefficient (Wildman–Crippen LogP) is 5.42. The molecule has 5 rings (SSSR count). The van der Waals surface area contributed by atoms with Crippen LogP contribution in [0.5, 0.6) is 17.2 Å². The molecule has 200 valence electrons. The van der Waals surface area contributed by atoms with Crippen molar-refractivity contribution in [3.8, 4) is 28.5 Å². The van der Waals surface area contributed by atoms with Gasteiger partial charge in [0.1, 0.15) is 11.4 Å². The number of carbonyl (C=O) groups excluding carboxylic acids is 2. The van der Waals surface area contributed by atoms with Gasteiger partial charge in [-0.05, 0) is 80.1 Å². The van der Waals surface area contributed by atoms with Crippen molar-refractivity contribution in [2.45, 2.75) is 19.9 Å². The minimum atomic E-state index is -0.527. The number of hydrogen-bond donors (Lipinski definition) is 1. The number of nitrogens with zero attached hydrogens (tertiary/aromatic N) is 2. The molecule has 1 atom stereocenters. The molecule has 3 aromatic carbocycles. The molecule has 39 heavy (non-hydrogen) atoms.